The van der Waals surface area contributed by atoms with Gasteiger partial charge in [0.15, 0.2) is 0 Å². The molecule has 2 rings (SSSR count). The second kappa shape index (κ2) is 7.64. The van der Waals surface area contributed by atoms with Gasteiger partial charge in [-0.25, -0.2) is 0 Å². The summed E-state index contributed by atoms with van der Waals surface area (Å²) >= 11 is 0. The molecule has 1 fully saturated rings. The number of anilines is 1. The maximum atomic E-state index is 11.8. The fourth-order valence-corrected chi connectivity index (χ4v) is 2.16. The highest BCUT2D eigenvalue weighted by molar-refractivity contribution is 5.96. The van der Waals surface area contributed by atoms with E-state index in [1.54, 1.807) is 24.3 Å². The molecule has 1 aliphatic heterocycles. The molecular formula is C15H21N3O3. The number of nitrogen functional groups attached to an aromatic ring is 1. The van der Waals surface area contributed by atoms with Crippen LogP contribution in [0.1, 0.15) is 29.6 Å². The van der Waals surface area contributed by atoms with Gasteiger partial charge < -0.3 is 21.1 Å². The van der Waals surface area contributed by atoms with E-state index < -0.39 is 0 Å². The first-order chi connectivity index (χ1) is 10.1. The summed E-state index contributed by atoms with van der Waals surface area (Å²) in [6, 6.07) is 6.54. The van der Waals surface area contributed by atoms with Crippen LogP contribution in [0, 0.1) is 0 Å². The van der Waals surface area contributed by atoms with Gasteiger partial charge in [-0.3, -0.25) is 9.59 Å². The molecule has 0 spiro atoms. The van der Waals surface area contributed by atoms with E-state index in [1.165, 1.54) is 0 Å². The average molecular weight is 291 g/mol. The Labute approximate surface area is 124 Å². The number of ether oxygens (including phenoxy) is 1. The summed E-state index contributed by atoms with van der Waals surface area (Å²) in [5.41, 5.74) is 6.63. The van der Waals surface area contributed by atoms with Crippen molar-refractivity contribution in [3.8, 4) is 0 Å². The molecule has 4 N–H and O–H groups in total. The quantitative estimate of drug-likeness (QED) is 0.696. The van der Waals surface area contributed by atoms with Gasteiger partial charge in [-0.15, -0.1) is 0 Å². The van der Waals surface area contributed by atoms with E-state index in [-0.39, 0.29) is 24.5 Å². The Bertz CT molecular complexity index is 481. The van der Waals surface area contributed by atoms with Crippen molar-refractivity contribution in [2.75, 3.05) is 25.4 Å². The van der Waals surface area contributed by atoms with Crippen molar-refractivity contribution in [1.29, 1.82) is 0 Å². The third-order valence-electron chi connectivity index (χ3n) is 3.38. The molecule has 21 heavy (non-hydrogen) atoms. The minimum absolute atomic E-state index is 0.0457. The summed E-state index contributed by atoms with van der Waals surface area (Å²) in [6.45, 7) is 1.21. The highest BCUT2D eigenvalue weighted by atomic mass is 16.5. The normalized spacial score (nSPS) is 18.0. The van der Waals surface area contributed by atoms with E-state index in [4.69, 9.17) is 10.5 Å². The molecule has 0 radical (unpaired) electrons. The largest absolute Gasteiger partial charge is 0.399 e. The molecule has 6 nitrogen and oxygen atoms in total. The highest BCUT2D eigenvalue weighted by Crippen LogP contribution is 2.11. The van der Waals surface area contributed by atoms with Crippen LogP contribution in [-0.4, -0.2) is 37.6 Å². The predicted octanol–water partition coefficient (Wildman–Crippen LogP) is 0.684. The van der Waals surface area contributed by atoms with Crippen LogP contribution < -0.4 is 16.4 Å². The summed E-state index contributed by atoms with van der Waals surface area (Å²) in [7, 11) is 0. The molecule has 1 aliphatic rings. The van der Waals surface area contributed by atoms with Crippen molar-refractivity contribution in [3.05, 3.63) is 29.8 Å². The first kappa shape index (κ1) is 15.3. The number of hydrogen-bond donors (Lipinski definition) is 3. The summed E-state index contributed by atoms with van der Waals surface area (Å²) in [5.74, 6) is -0.507. The maximum Gasteiger partial charge on any atom is 0.251 e. The van der Waals surface area contributed by atoms with Crippen LogP contribution in [0.4, 0.5) is 5.69 Å². The molecule has 6 heteroatoms. The van der Waals surface area contributed by atoms with Crippen LogP contribution in [-0.2, 0) is 9.53 Å². The molecule has 0 aliphatic carbocycles. The van der Waals surface area contributed by atoms with Crippen LogP contribution in [0.3, 0.4) is 0 Å². The molecular weight excluding hydrogens is 270 g/mol. The fourth-order valence-electron chi connectivity index (χ4n) is 2.16. The van der Waals surface area contributed by atoms with Crippen molar-refractivity contribution < 1.29 is 14.3 Å². The molecule has 1 heterocycles. The minimum atomic E-state index is -0.293. The number of hydrogen-bond acceptors (Lipinski definition) is 4. The summed E-state index contributed by atoms with van der Waals surface area (Å²) < 4.78 is 5.52. The van der Waals surface area contributed by atoms with E-state index in [2.05, 4.69) is 10.6 Å². The summed E-state index contributed by atoms with van der Waals surface area (Å²) in [4.78, 5) is 23.5. The molecule has 1 unspecified atom stereocenters. The molecule has 0 saturated carbocycles. The van der Waals surface area contributed by atoms with Crippen molar-refractivity contribution in [2.24, 2.45) is 0 Å². The lowest BCUT2D eigenvalue weighted by molar-refractivity contribution is -0.121. The van der Waals surface area contributed by atoms with Crippen molar-refractivity contribution in [1.82, 2.24) is 10.6 Å². The second-order valence-corrected chi connectivity index (χ2v) is 5.10. The lowest BCUT2D eigenvalue weighted by Gasteiger charge is -2.22. The van der Waals surface area contributed by atoms with Gasteiger partial charge in [-0.05, 0) is 43.5 Å². The molecule has 114 valence electrons. The third kappa shape index (κ3) is 5.07. The van der Waals surface area contributed by atoms with E-state index >= 15 is 0 Å². The van der Waals surface area contributed by atoms with E-state index in [1.807, 2.05) is 0 Å². The highest BCUT2D eigenvalue weighted by Gasteiger charge is 2.15. The van der Waals surface area contributed by atoms with Gasteiger partial charge in [0, 0.05) is 24.4 Å². The molecule has 2 amide bonds. The number of carbonyl (C=O) groups is 2. The number of amides is 2. The second-order valence-electron chi connectivity index (χ2n) is 5.10. The maximum absolute atomic E-state index is 11.8. The fraction of sp³-hybridized carbons (Fsp3) is 0.467. The minimum Gasteiger partial charge on any atom is -0.399 e. The van der Waals surface area contributed by atoms with Gasteiger partial charge in [-0.2, -0.15) is 0 Å². The average Bonchev–Trinajstić information content (AvgIpc) is 2.52. The molecule has 1 atom stereocenters. The lowest BCUT2D eigenvalue weighted by Crippen LogP contribution is -2.41. The van der Waals surface area contributed by atoms with Gasteiger partial charge in [0.1, 0.15) is 0 Å². The van der Waals surface area contributed by atoms with Crippen molar-refractivity contribution in [2.45, 2.75) is 25.4 Å². The lowest BCUT2D eigenvalue weighted by atomic mass is 10.1. The Morgan fingerprint density at radius 1 is 1.19 bits per heavy atom. The van der Waals surface area contributed by atoms with Crippen LogP contribution >= 0.6 is 0 Å². The molecule has 0 aromatic heterocycles. The molecule has 1 aromatic carbocycles. The van der Waals surface area contributed by atoms with Crippen LogP contribution in [0.15, 0.2) is 24.3 Å². The molecule has 0 bridgehead atoms. The Balaban J connectivity index is 1.68. The Hall–Kier alpha value is -2.08. The SMILES string of the molecule is Nc1ccc(C(=O)NCC(=O)NCC2CCCCO2)cc1. The van der Waals surface area contributed by atoms with Gasteiger partial charge in [0.05, 0.1) is 12.6 Å². The topological polar surface area (TPSA) is 93.5 Å². The zero-order chi connectivity index (χ0) is 15.1. The zero-order valence-electron chi connectivity index (χ0n) is 11.9. The standard InChI is InChI=1S/C15H21N3O3/c16-12-6-4-11(5-7-12)15(20)18-10-14(19)17-9-13-3-1-2-8-21-13/h4-7,13H,1-3,8-10,16H2,(H,17,19)(H,18,20). The Morgan fingerprint density at radius 2 is 1.95 bits per heavy atom. The van der Waals surface area contributed by atoms with E-state index in [0.29, 0.717) is 17.8 Å². The Morgan fingerprint density at radius 3 is 2.62 bits per heavy atom. The number of rotatable bonds is 5. The van der Waals surface area contributed by atoms with Gasteiger partial charge in [0.25, 0.3) is 5.91 Å². The number of benzene rings is 1. The van der Waals surface area contributed by atoms with E-state index in [9.17, 15) is 9.59 Å². The van der Waals surface area contributed by atoms with Crippen LogP contribution in [0.2, 0.25) is 0 Å². The van der Waals surface area contributed by atoms with E-state index in [0.717, 1.165) is 25.9 Å². The molecule has 1 saturated heterocycles. The first-order valence-electron chi connectivity index (χ1n) is 7.17. The number of nitrogens with two attached hydrogens (primary N) is 1. The van der Waals surface area contributed by atoms with Gasteiger partial charge in [-0.1, -0.05) is 0 Å². The monoisotopic (exact) mass is 291 g/mol. The van der Waals surface area contributed by atoms with Crippen LogP contribution in [0.25, 0.3) is 0 Å². The van der Waals surface area contributed by atoms with Gasteiger partial charge >= 0.3 is 0 Å². The van der Waals surface area contributed by atoms with Gasteiger partial charge in [0.2, 0.25) is 5.91 Å². The predicted molar refractivity (Wildman–Crippen MR) is 79.8 cm³/mol. The van der Waals surface area contributed by atoms with Crippen molar-refractivity contribution in [3.63, 3.8) is 0 Å². The molecule has 1 aromatic rings. The number of carbonyl (C=O) groups excluding carboxylic acids is 2. The third-order valence-corrected chi connectivity index (χ3v) is 3.38. The number of nitrogens with one attached hydrogen (secondary N) is 2. The summed E-state index contributed by atoms with van der Waals surface area (Å²) in [6.07, 6.45) is 3.28. The van der Waals surface area contributed by atoms with Crippen LogP contribution in [0.5, 0.6) is 0 Å². The zero-order valence-corrected chi connectivity index (χ0v) is 11.9. The summed E-state index contributed by atoms with van der Waals surface area (Å²) in [5, 5.41) is 5.34. The van der Waals surface area contributed by atoms with Crippen molar-refractivity contribution >= 4 is 17.5 Å². The smallest absolute Gasteiger partial charge is 0.251 e. The Kier molecular flexibility index (Phi) is 5.57. The first-order valence-corrected chi connectivity index (χ1v) is 7.17.